The highest BCUT2D eigenvalue weighted by Gasteiger charge is 2.67. The molecule has 4 N–H and O–H groups in total. The molecular formula is C34H30N4O6. The second-order valence-electron chi connectivity index (χ2n) is 10.8. The Kier molecular flexibility index (Phi) is 7.93. The van der Waals surface area contributed by atoms with Gasteiger partial charge in [0.1, 0.15) is 23.9 Å². The average molecular weight is 591 g/mol. The van der Waals surface area contributed by atoms with Crippen LogP contribution in [0.3, 0.4) is 0 Å². The molecule has 0 bridgehead atoms. The zero-order valence-corrected chi connectivity index (χ0v) is 23.4. The van der Waals surface area contributed by atoms with Gasteiger partial charge in [-0.15, -0.1) is 0 Å². The molecule has 0 unspecified atom stereocenters. The molecule has 0 aliphatic carbocycles. The van der Waals surface area contributed by atoms with Gasteiger partial charge in [-0.25, -0.2) is 10.0 Å². The SMILES string of the molecule is O=C(O)[C@@H]1[C@@H](C(=O)Nc2ccccc2)N2[C@H](c3ccccc3)[C@H](C(=O)O)[C@H](C(=O)Nc3ccccc3)N2[C@@H]1c1ccccc1. The monoisotopic (exact) mass is 590 g/mol. The van der Waals surface area contributed by atoms with E-state index < -0.39 is 59.8 Å². The van der Waals surface area contributed by atoms with Crippen molar-refractivity contribution in [3.05, 3.63) is 132 Å². The average Bonchev–Trinajstić information content (AvgIpc) is 3.56. The maximum absolute atomic E-state index is 14.2. The summed E-state index contributed by atoms with van der Waals surface area (Å²) in [6, 6.07) is 29.9. The summed E-state index contributed by atoms with van der Waals surface area (Å²) in [6.07, 6.45) is 0. The zero-order chi connectivity index (χ0) is 30.8. The Morgan fingerprint density at radius 3 is 1.07 bits per heavy atom. The molecule has 2 fully saturated rings. The standard InChI is InChI=1S/C34H30N4O6/c39-31(35-23-17-9-3-10-18-23)29-25(33(41)42)27(21-13-5-1-6-14-21)37-30(32(40)36-24-19-11-4-12-20-24)26(34(43)44)28(38(29)37)22-15-7-2-8-16-22/h1-20,25-30H,(H,35,39)(H,36,40)(H,41,42)(H,43,44)/t25-,26-,27+,28+,29-,30+/m0/s1. The van der Waals surface area contributed by atoms with Gasteiger partial charge < -0.3 is 20.8 Å². The number of carboxylic acids is 2. The van der Waals surface area contributed by atoms with Crippen LogP contribution >= 0.6 is 0 Å². The lowest BCUT2D eigenvalue weighted by atomic mass is 9.82. The Labute approximate surface area is 253 Å². The molecule has 2 heterocycles. The fraction of sp³-hybridized carbons (Fsp3) is 0.176. The fourth-order valence-corrected chi connectivity index (χ4v) is 6.53. The van der Waals surface area contributed by atoms with E-state index in [-0.39, 0.29) is 0 Å². The van der Waals surface area contributed by atoms with Gasteiger partial charge in [0, 0.05) is 11.4 Å². The smallest absolute Gasteiger partial charge is 0.310 e. The Morgan fingerprint density at radius 1 is 0.477 bits per heavy atom. The zero-order valence-electron chi connectivity index (χ0n) is 23.4. The molecule has 2 aliphatic rings. The van der Waals surface area contributed by atoms with Crippen LogP contribution in [0.4, 0.5) is 11.4 Å². The Balaban J connectivity index is 1.56. The number of aliphatic carboxylic acids is 2. The van der Waals surface area contributed by atoms with Crippen LogP contribution in [0.15, 0.2) is 121 Å². The van der Waals surface area contributed by atoms with Gasteiger partial charge >= 0.3 is 11.9 Å². The van der Waals surface area contributed by atoms with E-state index in [4.69, 9.17) is 0 Å². The quantitative estimate of drug-likeness (QED) is 0.236. The van der Waals surface area contributed by atoms with Crippen molar-refractivity contribution in [2.24, 2.45) is 11.8 Å². The van der Waals surface area contributed by atoms with Crippen LogP contribution in [-0.2, 0) is 19.2 Å². The first-order chi connectivity index (χ1) is 21.4. The molecule has 44 heavy (non-hydrogen) atoms. The first-order valence-corrected chi connectivity index (χ1v) is 14.2. The van der Waals surface area contributed by atoms with E-state index in [0.717, 1.165) is 0 Å². The first-order valence-electron chi connectivity index (χ1n) is 14.2. The number of fused-ring (bicyclic) bond motifs is 1. The van der Waals surface area contributed by atoms with E-state index in [1.54, 1.807) is 121 Å². The van der Waals surface area contributed by atoms with E-state index in [1.165, 1.54) is 10.0 Å². The predicted molar refractivity (Wildman–Crippen MR) is 162 cm³/mol. The summed E-state index contributed by atoms with van der Waals surface area (Å²) >= 11 is 0. The molecule has 0 saturated carbocycles. The van der Waals surface area contributed by atoms with Crippen LogP contribution in [0, 0.1) is 11.8 Å². The van der Waals surface area contributed by atoms with Gasteiger partial charge in [-0.2, -0.15) is 0 Å². The molecule has 10 nitrogen and oxygen atoms in total. The highest BCUT2D eigenvalue weighted by atomic mass is 16.4. The maximum Gasteiger partial charge on any atom is 0.310 e. The number of benzene rings is 4. The lowest BCUT2D eigenvalue weighted by Gasteiger charge is -2.33. The maximum atomic E-state index is 14.2. The summed E-state index contributed by atoms with van der Waals surface area (Å²) in [5.41, 5.74) is 1.99. The lowest BCUT2D eigenvalue weighted by Crippen LogP contribution is -2.48. The molecule has 222 valence electrons. The van der Waals surface area contributed by atoms with Gasteiger partial charge in [0.05, 0.1) is 12.1 Å². The van der Waals surface area contributed by atoms with Crippen LogP contribution in [0.1, 0.15) is 23.2 Å². The number of carboxylic acid groups (broad SMARTS) is 2. The second-order valence-corrected chi connectivity index (χ2v) is 10.8. The molecule has 10 heteroatoms. The number of carbonyl (C=O) groups is 4. The predicted octanol–water partition coefficient (Wildman–Crippen LogP) is 4.43. The van der Waals surface area contributed by atoms with Gasteiger partial charge in [-0.1, -0.05) is 97.1 Å². The molecule has 2 aliphatic heterocycles. The number of nitrogens with zero attached hydrogens (tertiary/aromatic N) is 2. The minimum absolute atomic E-state index is 0.458. The summed E-state index contributed by atoms with van der Waals surface area (Å²) < 4.78 is 0. The molecule has 0 radical (unpaired) electrons. The number of rotatable bonds is 8. The van der Waals surface area contributed by atoms with Crippen molar-refractivity contribution in [2.75, 3.05) is 10.6 Å². The van der Waals surface area contributed by atoms with E-state index in [0.29, 0.717) is 22.5 Å². The summed E-state index contributed by atoms with van der Waals surface area (Å²) in [4.78, 5) is 54.7. The van der Waals surface area contributed by atoms with Crippen molar-refractivity contribution >= 4 is 35.1 Å². The van der Waals surface area contributed by atoms with Gasteiger partial charge in [0.2, 0.25) is 11.8 Å². The van der Waals surface area contributed by atoms with Crippen molar-refractivity contribution < 1.29 is 29.4 Å². The van der Waals surface area contributed by atoms with Crippen LogP contribution in [-0.4, -0.2) is 56.1 Å². The van der Waals surface area contributed by atoms with Gasteiger partial charge in [-0.05, 0) is 35.4 Å². The molecule has 2 amide bonds. The van der Waals surface area contributed by atoms with E-state index in [9.17, 15) is 29.4 Å². The van der Waals surface area contributed by atoms with Crippen LogP contribution in [0.25, 0.3) is 0 Å². The molecule has 4 aromatic rings. The van der Waals surface area contributed by atoms with Crippen LogP contribution < -0.4 is 10.6 Å². The van der Waals surface area contributed by atoms with Crippen molar-refractivity contribution in [3.63, 3.8) is 0 Å². The van der Waals surface area contributed by atoms with Crippen molar-refractivity contribution in [2.45, 2.75) is 24.2 Å². The summed E-state index contributed by atoms with van der Waals surface area (Å²) in [7, 11) is 0. The summed E-state index contributed by atoms with van der Waals surface area (Å²) in [5.74, 6) is -6.45. The van der Waals surface area contributed by atoms with Crippen molar-refractivity contribution in [1.82, 2.24) is 10.0 Å². The normalized spacial score (nSPS) is 24.7. The number of nitrogens with one attached hydrogen (secondary N) is 2. The topological polar surface area (TPSA) is 139 Å². The fourth-order valence-electron chi connectivity index (χ4n) is 6.53. The Morgan fingerprint density at radius 2 is 0.773 bits per heavy atom. The second kappa shape index (κ2) is 12.1. The van der Waals surface area contributed by atoms with E-state index >= 15 is 0 Å². The number of hydrogen-bond acceptors (Lipinski definition) is 6. The Bertz CT molecular complexity index is 1530. The molecule has 0 spiro atoms. The first kappa shape index (κ1) is 28.8. The number of hydrogen-bond donors (Lipinski definition) is 4. The molecule has 0 aromatic heterocycles. The summed E-state index contributed by atoms with van der Waals surface area (Å²) in [6.45, 7) is 0. The number of hydrazine groups is 1. The molecule has 6 rings (SSSR count). The lowest BCUT2D eigenvalue weighted by molar-refractivity contribution is -0.147. The molecule has 4 aromatic carbocycles. The molecule has 2 saturated heterocycles. The highest BCUT2D eigenvalue weighted by Crippen LogP contribution is 2.55. The number of amides is 2. The van der Waals surface area contributed by atoms with Gasteiger partial charge in [-0.3, -0.25) is 19.2 Å². The minimum atomic E-state index is -1.36. The molecule has 6 atom stereocenters. The van der Waals surface area contributed by atoms with E-state index in [1.807, 2.05) is 0 Å². The minimum Gasteiger partial charge on any atom is -0.481 e. The van der Waals surface area contributed by atoms with Crippen LogP contribution in [0.2, 0.25) is 0 Å². The van der Waals surface area contributed by atoms with Gasteiger partial charge in [0.15, 0.2) is 0 Å². The number of para-hydroxylation sites is 2. The molecular weight excluding hydrogens is 560 g/mol. The van der Waals surface area contributed by atoms with Crippen LogP contribution in [0.5, 0.6) is 0 Å². The third kappa shape index (κ3) is 5.21. The number of anilines is 2. The van der Waals surface area contributed by atoms with Gasteiger partial charge in [0.25, 0.3) is 0 Å². The third-order valence-corrected chi connectivity index (χ3v) is 8.24. The third-order valence-electron chi connectivity index (χ3n) is 8.24. The van der Waals surface area contributed by atoms with Crippen molar-refractivity contribution in [3.8, 4) is 0 Å². The largest absolute Gasteiger partial charge is 0.481 e. The van der Waals surface area contributed by atoms with E-state index in [2.05, 4.69) is 10.6 Å². The Hall–Kier alpha value is -5.32. The van der Waals surface area contributed by atoms with Crippen molar-refractivity contribution in [1.29, 1.82) is 0 Å². The highest BCUT2D eigenvalue weighted by molar-refractivity contribution is 6.01. The summed E-state index contributed by atoms with van der Waals surface area (Å²) in [5, 5.41) is 30.2. The number of carbonyl (C=O) groups excluding carboxylic acids is 2.